The molecule has 0 saturated carbocycles. The van der Waals surface area contributed by atoms with Crippen LogP contribution in [0.1, 0.15) is 38.8 Å². The maximum absolute atomic E-state index is 13.0. The average molecular weight is 530 g/mol. The summed E-state index contributed by atoms with van der Waals surface area (Å²) in [5.74, 6) is -0.0403. The lowest BCUT2D eigenvalue weighted by molar-refractivity contribution is -0.142. The van der Waals surface area contributed by atoms with Gasteiger partial charge in [-0.25, -0.2) is 0 Å². The summed E-state index contributed by atoms with van der Waals surface area (Å²) in [6.45, 7) is 8.02. The van der Waals surface area contributed by atoms with Crippen LogP contribution in [0.2, 0.25) is 10.0 Å². The van der Waals surface area contributed by atoms with Gasteiger partial charge in [0.05, 0.1) is 14.5 Å². The van der Waals surface area contributed by atoms with Crippen LogP contribution in [0.25, 0.3) is 0 Å². The van der Waals surface area contributed by atoms with Gasteiger partial charge >= 0.3 is 0 Å². The maximum atomic E-state index is 13.0. The van der Waals surface area contributed by atoms with Gasteiger partial charge in [-0.3, -0.25) is 9.59 Å². The minimum Gasteiger partial charge on any atom is -0.483 e. The molecule has 0 spiro atoms. The van der Waals surface area contributed by atoms with Gasteiger partial charge in [0.25, 0.3) is 5.91 Å². The van der Waals surface area contributed by atoms with Crippen molar-refractivity contribution < 1.29 is 14.3 Å². The second-order valence-corrected chi connectivity index (χ2v) is 9.91. The van der Waals surface area contributed by atoms with Crippen LogP contribution >= 0.6 is 39.1 Å². The Kier molecular flexibility index (Phi) is 8.81. The van der Waals surface area contributed by atoms with Gasteiger partial charge < -0.3 is 15.0 Å². The Morgan fingerprint density at radius 1 is 1.13 bits per heavy atom. The van der Waals surface area contributed by atoms with Crippen LogP contribution in [0.3, 0.4) is 0 Å². The summed E-state index contributed by atoms with van der Waals surface area (Å²) in [6.07, 6.45) is 0. The minimum atomic E-state index is -0.692. The molecule has 0 aliphatic carbocycles. The second kappa shape index (κ2) is 10.7. The monoisotopic (exact) mass is 528 g/mol. The van der Waals surface area contributed by atoms with E-state index in [1.807, 2.05) is 18.2 Å². The number of hydrogen-bond donors (Lipinski definition) is 1. The molecule has 1 N–H and O–H groups in total. The molecule has 0 heterocycles. The third kappa shape index (κ3) is 6.86. The third-order valence-electron chi connectivity index (χ3n) is 4.90. The van der Waals surface area contributed by atoms with Crippen molar-refractivity contribution in [2.24, 2.45) is 0 Å². The van der Waals surface area contributed by atoms with Crippen molar-refractivity contribution in [3.05, 3.63) is 62.0 Å². The fourth-order valence-corrected chi connectivity index (χ4v) is 3.75. The number of ether oxygens (including phenoxy) is 1. The largest absolute Gasteiger partial charge is 0.483 e. The van der Waals surface area contributed by atoms with Crippen LogP contribution in [0.15, 0.2) is 40.9 Å². The van der Waals surface area contributed by atoms with E-state index in [4.69, 9.17) is 27.9 Å². The molecule has 2 amide bonds. The standard InChI is InChI=1S/C23H27BrCl2N2O3/c1-14(22(30)27-5)28(12-15-6-8-18(25)19(26)10-15)21(29)13-31-20-9-7-16(11-17(20)24)23(2,3)4/h6-11,14H,12-13H2,1-5H3,(H,27,30)/t14-/m0/s1. The number of amides is 2. The van der Waals surface area contributed by atoms with Crippen LogP contribution in [-0.2, 0) is 21.5 Å². The fourth-order valence-electron chi connectivity index (χ4n) is 2.93. The molecule has 168 valence electrons. The Hall–Kier alpha value is -1.76. The topological polar surface area (TPSA) is 58.6 Å². The molecule has 2 aromatic rings. The van der Waals surface area contributed by atoms with E-state index >= 15 is 0 Å². The second-order valence-electron chi connectivity index (χ2n) is 8.24. The number of rotatable bonds is 7. The van der Waals surface area contributed by atoms with Gasteiger partial charge in [-0.2, -0.15) is 0 Å². The molecule has 0 aliphatic rings. The summed E-state index contributed by atoms with van der Waals surface area (Å²) in [5, 5.41) is 3.39. The number of carbonyl (C=O) groups excluding carboxylic acids is 2. The molecule has 5 nitrogen and oxygen atoms in total. The summed E-state index contributed by atoms with van der Waals surface area (Å²) >= 11 is 15.6. The van der Waals surface area contributed by atoms with Crippen molar-refractivity contribution in [2.75, 3.05) is 13.7 Å². The van der Waals surface area contributed by atoms with Gasteiger partial charge in [0.2, 0.25) is 5.91 Å². The third-order valence-corrected chi connectivity index (χ3v) is 6.26. The van der Waals surface area contributed by atoms with E-state index < -0.39 is 6.04 Å². The Morgan fingerprint density at radius 3 is 2.35 bits per heavy atom. The fraction of sp³-hybridized carbons (Fsp3) is 0.391. The zero-order valence-electron chi connectivity index (χ0n) is 18.3. The van der Waals surface area contributed by atoms with Crippen molar-refractivity contribution >= 4 is 50.9 Å². The molecule has 8 heteroatoms. The summed E-state index contributed by atoms with van der Waals surface area (Å²) < 4.78 is 6.54. The molecule has 0 radical (unpaired) electrons. The van der Waals surface area contributed by atoms with E-state index in [9.17, 15) is 9.59 Å². The lowest BCUT2D eigenvalue weighted by atomic mass is 9.87. The lowest BCUT2D eigenvalue weighted by Crippen LogP contribution is -2.48. The normalized spacial score (nSPS) is 12.3. The molecule has 2 rings (SSSR count). The number of halogens is 3. The highest BCUT2D eigenvalue weighted by Crippen LogP contribution is 2.31. The first-order valence-corrected chi connectivity index (χ1v) is 11.4. The molecule has 1 atom stereocenters. The van der Waals surface area contributed by atoms with Crippen molar-refractivity contribution in [1.29, 1.82) is 0 Å². The summed E-state index contributed by atoms with van der Waals surface area (Å²) in [5.41, 5.74) is 1.90. The van der Waals surface area contributed by atoms with Gasteiger partial charge in [0.15, 0.2) is 6.61 Å². The van der Waals surface area contributed by atoms with E-state index in [0.29, 0.717) is 15.8 Å². The number of carbonyl (C=O) groups is 2. The predicted octanol–water partition coefficient (Wildman–Crippen LogP) is 5.60. The number of likely N-dealkylation sites (N-methyl/N-ethyl adjacent to an activating group) is 1. The Morgan fingerprint density at radius 2 is 1.81 bits per heavy atom. The zero-order chi connectivity index (χ0) is 23.3. The molecule has 31 heavy (non-hydrogen) atoms. The quantitative estimate of drug-likeness (QED) is 0.508. The number of benzene rings is 2. The van der Waals surface area contributed by atoms with Crippen LogP contribution in [-0.4, -0.2) is 36.4 Å². The molecule has 2 aromatic carbocycles. The van der Waals surface area contributed by atoms with Crippen LogP contribution in [0, 0.1) is 0 Å². The number of nitrogens with zero attached hydrogens (tertiary/aromatic N) is 1. The SMILES string of the molecule is CNC(=O)[C@H](C)N(Cc1ccc(Cl)c(Cl)c1)C(=O)COc1ccc(C(C)(C)C)cc1Br. The highest BCUT2D eigenvalue weighted by Gasteiger charge is 2.26. The number of hydrogen-bond acceptors (Lipinski definition) is 3. The molecule has 0 aliphatic heterocycles. The number of nitrogens with one attached hydrogen (secondary N) is 1. The first-order valence-electron chi connectivity index (χ1n) is 9.82. The molecule has 0 unspecified atom stereocenters. The van der Waals surface area contributed by atoms with Crippen molar-refractivity contribution in [1.82, 2.24) is 10.2 Å². The highest BCUT2D eigenvalue weighted by molar-refractivity contribution is 9.10. The van der Waals surface area contributed by atoms with Gasteiger partial charge in [0, 0.05) is 13.6 Å². The van der Waals surface area contributed by atoms with E-state index in [-0.39, 0.29) is 30.4 Å². The molecular weight excluding hydrogens is 503 g/mol. The van der Waals surface area contributed by atoms with Crippen LogP contribution < -0.4 is 10.1 Å². The van der Waals surface area contributed by atoms with Crippen molar-refractivity contribution in [3.63, 3.8) is 0 Å². The Bertz CT molecular complexity index is 960. The molecular formula is C23H27BrCl2N2O3. The van der Waals surface area contributed by atoms with E-state index in [0.717, 1.165) is 15.6 Å². The van der Waals surface area contributed by atoms with E-state index in [1.165, 1.54) is 11.9 Å². The summed E-state index contributed by atoms with van der Waals surface area (Å²) in [6, 6.07) is 10.2. The Balaban J connectivity index is 2.19. The molecule has 0 saturated heterocycles. The predicted molar refractivity (Wildman–Crippen MR) is 129 cm³/mol. The molecule has 0 aromatic heterocycles. The van der Waals surface area contributed by atoms with Gasteiger partial charge in [-0.05, 0) is 63.7 Å². The molecule has 0 fully saturated rings. The van der Waals surface area contributed by atoms with Crippen molar-refractivity contribution in [2.45, 2.75) is 45.7 Å². The van der Waals surface area contributed by atoms with E-state index in [2.05, 4.69) is 42.0 Å². The van der Waals surface area contributed by atoms with Crippen LogP contribution in [0.4, 0.5) is 0 Å². The van der Waals surface area contributed by atoms with E-state index in [1.54, 1.807) is 25.1 Å². The maximum Gasteiger partial charge on any atom is 0.261 e. The highest BCUT2D eigenvalue weighted by atomic mass is 79.9. The summed E-state index contributed by atoms with van der Waals surface area (Å²) in [4.78, 5) is 26.7. The Labute approximate surface area is 202 Å². The average Bonchev–Trinajstić information content (AvgIpc) is 2.71. The first kappa shape index (κ1) is 25.5. The van der Waals surface area contributed by atoms with Gasteiger partial charge in [-0.15, -0.1) is 0 Å². The zero-order valence-corrected chi connectivity index (χ0v) is 21.4. The van der Waals surface area contributed by atoms with Crippen molar-refractivity contribution in [3.8, 4) is 5.75 Å². The lowest BCUT2D eigenvalue weighted by Gasteiger charge is -2.28. The first-order chi connectivity index (χ1) is 14.4. The minimum absolute atomic E-state index is 0.00350. The smallest absolute Gasteiger partial charge is 0.261 e. The summed E-state index contributed by atoms with van der Waals surface area (Å²) in [7, 11) is 1.53. The van der Waals surface area contributed by atoms with Gasteiger partial charge in [-0.1, -0.05) is 56.1 Å². The van der Waals surface area contributed by atoms with Gasteiger partial charge in [0.1, 0.15) is 11.8 Å². The van der Waals surface area contributed by atoms with Crippen LogP contribution in [0.5, 0.6) is 5.75 Å². The molecule has 0 bridgehead atoms.